The number of carbonyl (C=O) groups excluding carboxylic acids is 1. The molecule has 7 atom stereocenters. The van der Waals surface area contributed by atoms with Crippen LogP contribution in [0.5, 0.6) is 11.5 Å². The largest absolute Gasteiger partial charge is 0.492 e. The number of rotatable bonds is 22. The first kappa shape index (κ1) is 43.2. The Balaban J connectivity index is 1.38. The van der Waals surface area contributed by atoms with Gasteiger partial charge in [0.25, 0.3) is 0 Å². The smallest absolute Gasteiger partial charge is 0.410 e. The maximum atomic E-state index is 14.5. The highest BCUT2D eigenvalue weighted by atomic mass is 16.8. The fraction of sp³-hybridized carbons (Fsp3) is 0.617. The number of ether oxygens (including phenoxy) is 5. The van der Waals surface area contributed by atoms with Crippen LogP contribution in [0.25, 0.3) is 0 Å². The summed E-state index contributed by atoms with van der Waals surface area (Å²) in [6, 6.07) is 15.2. The average Bonchev–Trinajstić information content (AvgIpc) is 4.10. The fourth-order valence-corrected chi connectivity index (χ4v) is 9.66. The molecule has 7 rings (SSSR count). The Bertz CT molecular complexity index is 1730. The zero-order valence-corrected chi connectivity index (χ0v) is 34.9. The molecule has 3 fully saturated rings. The number of hydrogen-bond acceptors (Lipinski definition) is 11. The molecule has 59 heavy (non-hydrogen) atoms. The van der Waals surface area contributed by atoms with Gasteiger partial charge in [-0.15, -0.1) is 6.58 Å². The van der Waals surface area contributed by atoms with E-state index in [0.29, 0.717) is 51.2 Å². The summed E-state index contributed by atoms with van der Waals surface area (Å²) in [6.07, 6.45) is 11.7. The Morgan fingerprint density at radius 1 is 1.07 bits per heavy atom. The summed E-state index contributed by atoms with van der Waals surface area (Å²) in [5, 5.41) is 24.8. The third kappa shape index (κ3) is 10.3. The van der Waals surface area contributed by atoms with Crippen LogP contribution in [0.2, 0.25) is 0 Å². The number of benzene rings is 2. The molecule has 0 radical (unpaired) electrons. The lowest BCUT2D eigenvalue weighted by Gasteiger charge is -2.60. The first-order valence-corrected chi connectivity index (χ1v) is 22.2. The van der Waals surface area contributed by atoms with Crippen molar-refractivity contribution in [3.63, 3.8) is 0 Å². The van der Waals surface area contributed by atoms with Gasteiger partial charge in [-0.2, -0.15) is 0 Å². The fourth-order valence-electron chi connectivity index (χ4n) is 9.66. The minimum atomic E-state index is -1.36. The number of aliphatic hydroxyl groups is 2. The Kier molecular flexibility index (Phi) is 15.4. The molecule has 2 aromatic rings. The number of allylic oxidation sites excluding steroid dienone is 1. The van der Waals surface area contributed by atoms with Crippen LogP contribution in [0.15, 0.2) is 78.0 Å². The molecule has 1 amide bonds. The van der Waals surface area contributed by atoms with E-state index in [2.05, 4.69) is 30.5 Å². The van der Waals surface area contributed by atoms with E-state index in [1.54, 1.807) is 11.0 Å². The number of oxime groups is 1. The Morgan fingerprint density at radius 3 is 2.61 bits per heavy atom. The molecule has 1 saturated carbocycles. The van der Waals surface area contributed by atoms with Gasteiger partial charge in [-0.1, -0.05) is 67.4 Å². The molecule has 3 heterocycles. The summed E-state index contributed by atoms with van der Waals surface area (Å²) >= 11 is 0. The van der Waals surface area contributed by atoms with Crippen LogP contribution in [0, 0.1) is 17.8 Å². The van der Waals surface area contributed by atoms with Gasteiger partial charge >= 0.3 is 6.09 Å². The van der Waals surface area contributed by atoms with Crippen molar-refractivity contribution in [2.45, 2.75) is 108 Å². The van der Waals surface area contributed by atoms with Crippen LogP contribution in [0.1, 0.15) is 94.6 Å². The Morgan fingerprint density at radius 2 is 1.88 bits per heavy atom. The average molecular weight is 816 g/mol. The molecule has 0 bridgehead atoms. The minimum absolute atomic E-state index is 0.114. The molecule has 0 aromatic heterocycles. The predicted octanol–water partition coefficient (Wildman–Crippen LogP) is 7.59. The topological polar surface area (TPSA) is 132 Å². The minimum Gasteiger partial charge on any atom is -0.492 e. The molecule has 12 heteroatoms. The van der Waals surface area contributed by atoms with E-state index in [0.717, 1.165) is 92.7 Å². The van der Waals surface area contributed by atoms with Crippen molar-refractivity contribution in [2.75, 3.05) is 59.2 Å². The number of carbonyl (C=O) groups is 1. The highest BCUT2D eigenvalue weighted by molar-refractivity contribution is 6.03. The van der Waals surface area contributed by atoms with E-state index < -0.39 is 30.1 Å². The quantitative estimate of drug-likeness (QED) is 0.0531. The number of nitrogens with zero attached hydrogens (tertiary/aromatic N) is 3. The van der Waals surface area contributed by atoms with E-state index >= 15 is 0 Å². The van der Waals surface area contributed by atoms with Gasteiger partial charge in [0.2, 0.25) is 12.1 Å². The highest BCUT2D eigenvalue weighted by Crippen LogP contribution is 2.62. The first-order valence-electron chi connectivity index (χ1n) is 22.2. The van der Waals surface area contributed by atoms with E-state index in [9.17, 15) is 15.0 Å². The Labute approximate surface area is 350 Å². The monoisotopic (exact) mass is 815 g/mol. The van der Waals surface area contributed by atoms with E-state index in [1.807, 2.05) is 42.5 Å². The van der Waals surface area contributed by atoms with Crippen molar-refractivity contribution in [1.82, 2.24) is 9.80 Å². The van der Waals surface area contributed by atoms with Gasteiger partial charge in [0, 0.05) is 63.7 Å². The van der Waals surface area contributed by atoms with Crippen molar-refractivity contribution >= 4 is 11.8 Å². The van der Waals surface area contributed by atoms with E-state index in [4.69, 9.17) is 33.7 Å². The van der Waals surface area contributed by atoms with Gasteiger partial charge in [-0.25, -0.2) is 4.79 Å². The van der Waals surface area contributed by atoms with Crippen molar-refractivity contribution in [3.05, 3.63) is 84.0 Å². The summed E-state index contributed by atoms with van der Waals surface area (Å²) in [5.74, 6) is -0.184. The molecule has 2 saturated heterocycles. The summed E-state index contributed by atoms with van der Waals surface area (Å²) in [6.45, 7) is 11.4. The number of amides is 1. The standard InChI is InChI=1S/C47H65N3O9/c1-3-21-50(46(53)56-33-34-14-6-5-7-15-34)42-32-40(48-59-43-18-10-13-28-55-43)38-30-35(16-8-11-25-51)37(17-9-12-26-52)44-39-31-36(54-29-24-49-22-23-49)19-20-41(39)58-47(42,45(38)44)57-27-4-2/h4-7,14-15,19-20,30-31,35,37,42-45,51-52H,2-3,8-13,16-18,21-29,32-33H2,1H3/t35-,37+,42-,43?,44+,45+,47+/m0/s1. The second-order valence-electron chi connectivity index (χ2n) is 16.6. The van der Waals surface area contributed by atoms with Crippen molar-refractivity contribution in [1.29, 1.82) is 0 Å². The van der Waals surface area contributed by atoms with Gasteiger partial charge < -0.3 is 38.7 Å². The second kappa shape index (κ2) is 21.0. The van der Waals surface area contributed by atoms with Gasteiger partial charge in [0.1, 0.15) is 30.8 Å². The maximum Gasteiger partial charge on any atom is 0.410 e. The molecule has 2 aromatic carbocycles. The Hall–Kier alpha value is -3.94. The number of unbranched alkanes of at least 4 members (excludes halogenated alkanes) is 2. The molecule has 322 valence electrons. The first-order chi connectivity index (χ1) is 29.0. The van der Waals surface area contributed by atoms with E-state index in [1.165, 1.54) is 0 Å². The van der Waals surface area contributed by atoms with Gasteiger partial charge in [-0.05, 0) is 86.1 Å². The van der Waals surface area contributed by atoms with Crippen molar-refractivity contribution in [2.24, 2.45) is 22.9 Å². The lowest BCUT2D eigenvalue weighted by Crippen LogP contribution is -2.70. The number of aliphatic hydroxyl groups excluding tert-OH is 2. The molecule has 0 spiro atoms. The van der Waals surface area contributed by atoms with Gasteiger partial charge in [0.05, 0.1) is 24.8 Å². The number of fused-ring (bicyclic) bond motifs is 2. The van der Waals surface area contributed by atoms with Crippen molar-refractivity contribution in [3.8, 4) is 11.5 Å². The van der Waals surface area contributed by atoms with Gasteiger partial charge in [0.15, 0.2) is 0 Å². The van der Waals surface area contributed by atoms with Crippen LogP contribution in [-0.2, 0) is 25.7 Å². The summed E-state index contributed by atoms with van der Waals surface area (Å²) in [7, 11) is 0. The predicted molar refractivity (Wildman–Crippen MR) is 225 cm³/mol. The highest BCUT2D eigenvalue weighted by Gasteiger charge is 2.65. The summed E-state index contributed by atoms with van der Waals surface area (Å²) in [4.78, 5) is 24.9. The SMILES string of the molecule is C=CCO[C@@]12Oc3ccc(OCCN4CC4)cc3[C@H]3[C@H](CCCCO)[C@@H](CCCCO)C=C(C(=NOC4CCCCO4)C[C@@H]1N(CCC)C(=O)OCc1ccccc1)[C@H]32. The lowest BCUT2D eigenvalue weighted by atomic mass is 9.55. The van der Waals surface area contributed by atoms with E-state index in [-0.39, 0.29) is 44.2 Å². The third-order valence-corrected chi connectivity index (χ3v) is 12.6. The van der Waals surface area contributed by atoms with Crippen LogP contribution in [-0.4, -0.2) is 109 Å². The molecule has 12 nitrogen and oxygen atoms in total. The van der Waals surface area contributed by atoms with Crippen LogP contribution < -0.4 is 9.47 Å². The third-order valence-electron chi connectivity index (χ3n) is 12.6. The molecule has 1 unspecified atom stereocenters. The number of hydrogen-bond donors (Lipinski definition) is 2. The molecule has 5 aliphatic rings. The summed E-state index contributed by atoms with van der Waals surface area (Å²) in [5.41, 5.74) is 3.67. The van der Waals surface area contributed by atoms with Crippen LogP contribution >= 0.6 is 0 Å². The molecule has 2 aliphatic carbocycles. The van der Waals surface area contributed by atoms with Crippen LogP contribution in [0.4, 0.5) is 4.79 Å². The zero-order valence-electron chi connectivity index (χ0n) is 34.9. The molecule has 3 aliphatic heterocycles. The zero-order chi connectivity index (χ0) is 41.0. The van der Waals surface area contributed by atoms with Crippen LogP contribution in [0.3, 0.4) is 0 Å². The van der Waals surface area contributed by atoms with Crippen molar-refractivity contribution < 1.29 is 43.5 Å². The second-order valence-corrected chi connectivity index (χ2v) is 16.6. The molecular formula is C47H65N3O9. The molecule has 2 N–H and O–H groups in total. The lowest BCUT2D eigenvalue weighted by molar-refractivity contribution is -0.255. The normalized spacial score (nSPS) is 27.8. The molecular weight excluding hydrogens is 751 g/mol. The van der Waals surface area contributed by atoms with Gasteiger partial charge in [-0.3, -0.25) is 9.80 Å². The maximum absolute atomic E-state index is 14.5. The summed E-state index contributed by atoms with van der Waals surface area (Å²) < 4.78 is 32.9.